The van der Waals surface area contributed by atoms with Gasteiger partial charge in [-0.2, -0.15) is 0 Å². The zero-order chi connectivity index (χ0) is 16.7. The van der Waals surface area contributed by atoms with Gasteiger partial charge in [0.15, 0.2) is 0 Å². The number of nitrogens with zero attached hydrogens (tertiary/aromatic N) is 2. The predicted molar refractivity (Wildman–Crippen MR) is 91.5 cm³/mol. The lowest BCUT2D eigenvalue weighted by atomic mass is 10.1. The smallest absolute Gasteiger partial charge is 0.255 e. The molecule has 0 aliphatic rings. The number of amides is 1. The second-order valence-electron chi connectivity index (χ2n) is 5.36. The molecular weight excluding hydrogens is 290 g/mol. The van der Waals surface area contributed by atoms with Gasteiger partial charge in [0.25, 0.3) is 5.91 Å². The topological polar surface area (TPSA) is 54.5 Å². The normalized spacial score (nSPS) is 10.4. The second-order valence-corrected chi connectivity index (χ2v) is 5.36. The first-order valence-electron chi connectivity index (χ1n) is 7.68. The van der Waals surface area contributed by atoms with E-state index in [2.05, 4.69) is 10.3 Å². The molecule has 0 fully saturated rings. The minimum Gasteiger partial charge on any atom is -0.377 e. The molecule has 0 saturated heterocycles. The Morgan fingerprint density at radius 2 is 1.91 bits per heavy atom. The van der Waals surface area contributed by atoms with E-state index < -0.39 is 0 Å². The first-order chi connectivity index (χ1) is 11.1. The van der Waals surface area contributed by atoms with Crippen LogP contribution in [0.5, 0.6) is 0 Å². The standard InChI is InChI=1S/C18H23N3O2/c1-4-23-13-15-9-6-5-8-14(15)12-20-18(22)16-10-7-11-19-17(16)21(2)3/h5-11H,4,12-13H2,1-3H3,(H,20,22). The Bertz CT molecular complexity index is 656. The summed E-state index contributed by atoms with van der Waals surface area (Å²) in [6.07, 6.45) is 1.68. The van der Waals surface area contributed by atoms with Crippen LogP contribution < -0.4 is 10.2 Å². The van der Waals surface area contributed by atoms with Crippen molar-refractivity contribution in [3.05, 3.63) is 59.3 Å². The van der Waals surface area contributed by atoms with E-state index in [0.29, 0.717) is 31.1 Å². The Hall–Kier alpha value is -2.40. The average Bonchev–Trinajstić information content (AvgIpc) is 2.58. The number of ether oxygens (including phenoxy) is 1. The Labute approximate surface area is 137 Å². The van der Waals surface area contributed by atoms with Crippen LogP contribution in [0.1, 0.15) is 28.4 Å². The Balaban J connectivity index is 2.08. The third-order valence-electron chi connectivity index (χ3n) is 3.47. The summed E-state index contributed by atoms with van der Waals surface area (Å²) in [5, 5.41) is 2.97. The Kier molecular flexibility index (Phi) is 6.11. The molecule has 23 heavy (non-hydrogen) atoms. The van der Waals surface area contributed by atoms with Crippen molar-refractivity contribution in [3.8, 4) is 0 Å². The molecular formula is C18H23N3O2. The summed E-state index contributed by atoms with van der Waals surface area (Å²) >= 11 is 0. The molecule has 0 radical (unpaired) electrons. The highest BCUT2D eigenvalue weighted by Gasteiger charge is 2.13. The highest BCUT2D eigenvalue weighted by molar-refractivity contribution is 5.98. The van der Waals surface area contributed by atoms with Crippen LogP contribution >= 0.6 is 0 Å². The maximum absolute atomic E-state index is 12.5. The summed E-state index contributed by atoms with van der Waals surface area (Å²) in [6.45, 7) is 3.65. The van der Waals surface area contributed by atoms with Gasteiger partial charge in [0.2, 0.25) is 0 Å². The van der Waals surface area contributed by atoms with Crippen LogP contribution in [0.4, 0.5) is 5.82 Å². The zero-order valence-electron chi connectivity index (χ0n) is 13.9. The van der Waals surface area contributed by atoms with Crippen molar-refractivity contribution in [1.82, 2.24) is 10.3 Å². The van der Waals surface area contributed by atoms with Crippen molar-refractivity contribution < 1.29 is 9.53 Å². The molecule has 2 aromatic rings. The largest absolute Gasteiger partial charge is 0.377 e. The third-order valence-corrected chi connectivity index (χ3v) is 3.47. The third kappa shape index (κ3) is 4.53. The van der Waals surface area contributed by atoms with Gasteiger partial charge in [-0.25, -0.2) is 4.98 Å². The van der Waals surface area contributed by atoms with Crippen molar-refractivity contribution >= 4 is 11.7 Å². The summed E-state index contributed by atoms with van der Waals surface area (Å²) in [7, 11) is 3.74. The van der Waals surface area contributed by atoms with E-state index in [1.165, 1.54) is 0 Å². The highest BCUT2D eigenvalue weighted by Crippen LogP contribution is 2.15. The molecule has 5 nitrogen and oxygen atoms in total. The summed E-state index contributed by atoms with van der Waals surface area (Å²) in [6, 6.07) is 11.5. The van der Waals surface area contributed by atoms with Crippen molar-refractivity contribution in [3.63, 3.8) is 0 Å². The molecule has 5 heteroatoms. The molecule has 0 atom stereocenters. The van der Waals surface area contributed by atoms with Crippen LogP contribution in [-0.4, -0.2) is 31.6 Å². The van der Waals surface area contributed by atoms with Gasteiger partial charge in [-0.1, -0.05) is 24.3 Å². The van der Waals surface area contributed by atoms with Gasteiger partial charge >= 0.3 is 0 Å². The zero-order valence-corrected chi connectivity index (χ0v) is 13.9. The van der Waals surface area contributed by atoms with Gasteiger partial charge in [0.05, 0.1) is 12.2 Å². The van der Waals surface area contributed by atoms with Crippen LogP contribution in [0.2, 0.25) is 0 Å². The fourth-order valence-electron chi connectivity index (χ4n) is 2.28. The van der Waals surface area contributed by atoms with Crippen molar-refractivity contribution in [1.29, 1.82) is 0 Å². The van der Waals surface area contributed by atoms with Gasteiger partial charge in [-0.3, -0.25) is 4.79 Å². The minimum atomic E-state index is -0.131. The molecule has 1 aromatic heterocycles. The van der Waals surface area contributed by atoms with Crippen LogP contribution in [0.25, 0.3) is 0 Å². The van der Waals surface area contributed by atoms with Crippen molar-refractivity contribution in [2.75, 3.05) is 25.6 Å². The number of rotatable bonds is 7. The number of hydrogen-bond donors (Lipinski definition) is 1. The number of aromatic nitrogens is 1. The number of anilines is 1. The second kappa shape index (κ2) is 8.29. The maximum atomic E-state index is 12.5. The van der Waals surface area contributed by atoms with Gasteiger partial charge < -0.3 is 15.0 Å². The quantitative estimate of drug-likeness (QED) is 0.854. The molecule has 1 amide bonds. The molecule has 0 saturated carbocycles. The van der Waals surface area contributed by atoms with Gasteiger partial charge in [0, 0.05) is 33.4 Å². The van der Waals surface area contributed by atoms with E-state index in [4.69, 9.17) is 4.74 Å². The lowest BCUT2D eigenvalue weighted by Gasteiger charge is -2.16. The molecule has 0 unspecified atom stereocenters. The Morgan fingerprint density at radius 1 is 1.17 bits per heavy atom. The maximum Gasteiger partial charge on any atom is 0.255 e. The van der Waals surface area contributed by atoms with Crippen molar-refractivity contribution in [2.45, 2.75) is 20.1 Å². The van der Waals surface area contributed by atoms with Gasteiger partial charge in [-0.15, -0.1) is 0 Å². The number of carbonyl (C=O) groups excluding carboxylic acids is 1. The lowest BCUT2D eigenvalue weighted by Crippen LogP contribution is -2.26. The van der Waals surface area contributed by atoms with Crippen LogP contribution in [0.3, 0.4) is 0 Å². The number of hydrogen-bond acceptors (Lipinski definition) is 4. The summed E-state index contributed by atoms with van der Waals surface area (Å²) in [5.41, 5.74) is 2.72. The fraction of sp³-hybridized carbons (Fsp3) is 0.333. The lowest BCUT2D eigenvalue weighted by molar-refractivity contribution is 0.0950. The molecule has 0 aliphatic heterocycles. The highest BCUT2D eigenvalue weighted by atomic mass is 16.5. The SMILES string of the molecule is CCOCc1ccccc1CNC(=O)c1cccnc1N(C)C. The van der Waals surface area contributed by atoms with Crippen LogP contribution in [0, 0.1) is 0 Å². The first kappa shape index (κ1) is 17.0. The number of pyridine rings is 1. The fourth-order valence-corrected chi connectivity index (χ4v) is 2.28. The number of carbonyl (C=O) groups is 1. The molecule has 0 spiro atoms. The summed E-state index contributed by atoms with van der Waals surface area (Å²) < 4.78 is 5.47. The number of nitrogens with one attached hydrogen (secondary N) is 1. The van der Waals surface area contributed by atoms with E-state index in [0.717, 1.165) is 11.1 Å². The molecule has 1 aromatic carbocycles. The monoisotopic (exact) mass is 313 g/mol. The number of benzene rings is 1. The van der Waals surface area contributed by atoms with Gasteiger partial charge in [0.1, 0.15) is 5.82 Å². The molecule has 1 N–H and O–H groups in total. The summed E-state index contributed by atoms with van der Waals surface area (Å²) in [5.74, 6) is 0.528. The van der Waals surface area contributed by atoms with E-state index >= 15 is 0 Å². The van der Waals surface area contributed by atoms with Crippen LogP contribution in [-0.2, 0) is 17.9 Å². The van der Waals surface area contributed by atoms with E-state index in [1.807, 2.05) is 50.2 Å². The Morgan fingerprint density at radius 3 is 2.61 bits per heavy atom. The van der Waals surface area contributed by atoms with Crippen molar-refractivity contribution in [2.24, 2.45) is 0 Å². The predicted octanol–water partition coefficient (Wildman–Crippen LogP) is 2.61. The molecule has 0 aliphatic carbocycles. The first-order valence-corrected chi connectivity index (χ1v) is 7.68. The van der Waals surface area contributed by atoms with E-state index in [1.54, 1.807) is 18.3 Å². The molecule has 2 rings (SSSR count). The average molecular weight is 313 g/mol. The van der Waals surface area contributed by atoms with Gasteiger partial charge in [-0.05, 0) is 30.2 Å². The van der Waals surface area contributed by atoms with E-state index in [-0.39, 0.29) is 5.91 Å². The minimum absolute atomic E-state index is 0.131. The van der Waals surface area contributed by atoms with E-state index in [9.17, 15) is 4.79 Å². The summed E-state index contributed by atoms with van der Waals surface area (Å²) in [4.78, 5) is 18.5. The molecule has 1 heterocycles. The van der Waals surface area contributed by atoms with Crippen LogP contribution in [0.15, 0.2) is 42.6 Å². The molecule has 122 valence electrons. The molecule has 0 bridgehead atoms.